The summed E-state index contributed by atoms with van der Waals surface area (Å²) in [7, 11) is -1.64. The Morgan fingerprint density at radius 2 is 2.00 bits per heavy atom. The predicted octanol–water partition coefficient (Wildman–Crippen LogP) is 3.40. The summed E-state index contributed by atoms with van der Waals surface area (Å²) in [4.78, 5) is 0. The lowest BCUT2D eigenvalue weighted by Gasteiger charge is -2.36. The highest BCUT2D eigenvalue weighted by Gasteiger charge is 2.44. The third kappa shape index (κ3) is 2.02. The molecule has 3 heteroatoms. The quantitative estimate of drug-likeness (QED) is 0.742. The molecule has 1 unspecified atom stereocenters. The van der Waals surface area contributed by atoms with Gasteiger partial charge in [-0.15, -0.1) is 0 Å². The van der Waals surface area contributed by atoms with Crippen molar-refractivity contribution in [3.05, 3.63) is 30.3 Å². The maximum atomic E-state index is 6.17. The molecule has 1 heterocycles. The van der Waals surface area contributed by atoms with Crippen molar-refractivity contribution in [3.63, 3.8) is 0 Å². The summed E-state index contributed by atoms with van der Waals surface area (Å²) in [5.74, 6) is 0. The van der Waals surface area contributed by atoms with Crippen LogP contribution < -0.4 is 4.57 Å². The van der Waals surface area contributed by atoms with Gasteiger partial charge in [-0.05, 0) is 37.6 Å². The molecule has 1 saturated heterocycles. The normalized spacial score (nSPS) is 25.0. The first-order chi connectivity index (χ1) is 7.82. The Hall–Kier alpha value is -0.803. The van der Waals surface area contributed by atoms with Crippen molar-refractivity contribution in [2.45, 2.75) is 32.4 Å². The molecule has 0 amide bonds. The van der Waals surface area contributed by atoms with Gasteiger partial charge in [-0.1, -0.05) is 25.1 Å². The number of hydrogen-bond donors (Lipinski definition) is 0. The Balaban J connectivity index is 2.26. The number of rotatable bonds is 4. The van der Waals surface area contributed by atoms with Gasteiger partial charge in [0, 0.05) is 18.8 Å². The highest BCUT2D eigenvalue weighted by molar-refractivity contribution is 6.78. The van der Waals surface area contributed by atoms with Gasteiger partial charge in [-0.25, -0.2) is 0 Å². The first kappa shape index (κ1) is 11.7. The Morgan fingerprint density at radius 1 is 1.25 bits per heavy atom. The fraction of sp³-hybridized carbons (Fsp3) is 0.538. The zero-order valence-corrected chi connectivity index (χ0v) is 11.3. The Bertz CT molecular complexity index is 330. The van der Waals surface area contributed by atoms with E-state index in [1.165, 1.54) is 30.7 Å². The van der Waals surface area contributed by atoms with E-state index < -0.39 is 8.48 Å². The highest BCUT2D eigenvalue weighted by atomic mass is 28.4. The van der Waals surface area contributed by atoms with E-state index >= 15 is 0 Å². The van der Waals surface area contributed by atoms with Gasteiger partial charge in [-0.3, -0.25) is 0 Å². The lowest BCUT2D eigenvalue weighted by atomic mass is 10.3. The molecule has 0 aromatic heterocycles. The molecule has 0 bridgehead atoms. The van der Waals surface area contributed by atoms with Crippen LogP contribution >= 0.6 is 0 Å². The molecule has 1 fully saturated rings. The minimum atomic E-state index is -1.64. The summed E-state index contributed by atoms with van der Waals surface area (Å²) in [5.41, 5.74) is 1.35. The fourth-order valence-electron chi connectivity index (χ4n) is 2.71. The molecule has 16 heavy (non-hydrogen) atoms. The van der Waals surface area contributed by atoms with Crippen LogP contribution in [-0.2, 0) is 4.43 Å². The standard InChI is InChI=1S/C13H21NOSi/c1-3-15-16(4-2)12-8-11-14(16)13-9-6-5-7-10-13/h5-7,9-10H,3-4,8,11-12H2,1-2H3. The van der Waals surface area contributed by atoms with E-state index in [0.29, 0.717) is 0 Å². The van der Waals surface area contributed by atoms with Crippen molar-refractivity contribution < 1.29 is 4.43 Å². The monoisotopic (exact) mass is 235 g/mol. The summed E-state index contributed by atoms with van der Waals surface area (Å²) in [6, 6.07) is 13.2. The van der Waals surface area contributed by atoms with E-state index in [1.54, 1.807) is 0 Å². The second-order valence-electron chi connectivity index (χ2n) is 4.32. The molecule has 1 atom stereocenters. The number of nitrogens with zero attached hydrogens (tertiary/aromatic N) is 1. The molecule has 0 N–H and O–H groups in total. The lowest BCUT2D eigenvalue weighted by Crippen LogP contribution is -2.51. The van der Waals surface area contributed by atoms with Crippen LogP contribution in [-0.4, -0.2) is 21.6 Å². The van der Waals surface area contributed by atoms with Gasteiger partial charge in [0.1, 0.15) is 0 Å². The van der Waals surface area contributed by atoms with Crippen LogP contribution in [0.15, 0.2) is 30.3 Å². The fourth-order valence-corrected chi connectivity index (χ4v) is 6.66. The largest absolute Gasteiger partial charge is 0.399 e. The van der Waals surface area contributed by atoms with Crippen LogP contribution in [0.4, 0.5) is 5.69 Å². The van der Waals surface area contributed by atoms with Crippen LogP contribution in [0, 0.1) is 0 Å². The molecule has 1 aromatic carbocycles. The van der Waals surface area contributed by atoms with E-state index in [0.717, 1.165) is 6.61 Å². The Kier molecular flexibility index (Phi) is 3.66. The zero-order chi connectivity index (χ0) is 11.4. The molecule has 2 nitrogen and oxygen atoms in total. The minimum Gasteiger partial charge on any atom is -0.399 e. The van der Waals surface area contributed by atoms with Gasteiger partial charge in [0.2, 0.25) is 0 Å². The van der Waals surface area contributed by atoms with Gasteiger partial charge < -0.3 is 8.99 Å². The maximum Gasteiger partial charge on any atom is 0.300 e. The molecule has 0 radical (unpaired) electrons. The molecule has 1 aliphatic rings. The summed E-state index contributed by atoms with van der Waals surface area (Å²) in [6.45, 7) is 6.42. The van der Waals surface area contributed by atoms with E-state index in [1.807, 2.05) is 0 Å². The second-order valence-corrected chi connectivity index (χ2v) is 8.25. The molecular formula is C13H21NOSi. The first-order valence-electron chi connectivity index (χ1n) is 6.29. The minimum absolute atomic E-state index is 0.851. The second kappa shape index (κ2) is 5.02. The molecule has 0 spiro atoms. The van der Waals surface area contributed by atoms with Gasteiger partial charge >= 0.3 is 8.48 Å². The molecule has 0 aliphatic carbocycles. The van der Waals surface area contributed by atoms with Gasteiger partial charge in [0.15, 0.2) is 0 Å². The highest BCUT2D eigenvalue weighted by Crippen LogP contribution is 2.34. The molecular weight excluding hydrogens is 214 g/mol. The predicted molar refractivity (Wildman–Crippen MR) is 71.1 cm³/mol. The zero-order valence-electron chi connectivity index (χ0n) is 10.3. The topological polar surface area (TPSA) is 12.5 Å². The summed E-state index contributed by atoms with van der Waals surface area (Å²) in [6.07, 6.45) is 1.29. The van der Waals surface area contributed by atoms with Crippen molar-refractivity contribution in [2.24, 2.45) is 0 Å². The Labute approximate surface area is 99.4 Å². The van der Waals surface area contributed by atoms with E-state index in [-0.39, 0.29) is 0 Å². The number of para-hydroxylation sites is 1. The summed E-state index contributed by atoms with van der Waals surface area (Å²) < 4.78 is 8.74. The number of benzene rings is 1. The van der Waals surface area contributed by atoms with Gasteiger partial charge in [-0.2, -0.15) is 0 Å². The molecule has 1 aromatic rings. The van der Waals surface area contributed by atoms with Crippen LogP contribution in [0.3, 0.4) is 0 Å². The first-order valence-corrected chi connectivity index (χ1v) is 8.56. The number of hydrogen-bond acceptors (Lipinski definition) is 2. The van der Waals surface area contributed by atoms with E-state index in [2.05, 4.69) is 48.7 Å². The van der Waals surface area contributed by atoms with E-state index in [9.17, 15) is 0 Å². The molecule has 2 rings (SSSR count). The summed E-state index contributed by atoms with van der Waals surface area (Å²) >= 11 is 0. The van der Waals surface area contributed by atoms with E-state index in [4.69, 9.17) is 4.43 Å². The van der Waals surface area contributed by atoms with Crippen molar-refractivity contribution >= 4 is 14.2 Å². The summed E-state index contributed by atoms with van der Waals surface area (Å²) in [5, 5.41) is 0. The van der Waals surface area contributed by atoms with Gasteiger partial charge in [0.05, 0.1) is 0 Å². The van der Waals surface area contributed by atoms with Crippen molar-refractivity contribution in [1.82, 2.24) is 0 Å². The smallest absolute Gasteiger partial charge is 0.300 e. The Morgan fingerprint density at radius 3 is 2.62 bits per heavy atom. The van der Waals surface area contributed by atoms with Crippen LogP contribution in [0.5, 0.6) is 0 Å². The molecule has 1 aliphatic heterocycles. The average Bonchev–Trinajstić information content (AvgIpc) is 2.75. The van der Waals surface area contributed by atoms with Crippen molar-refractivity contribution in [1.29, 1.82) is 0 Å². The molecule has 88 valence electrons. The average molecular weight is 235 g/mol. The maximum absolute atomic E-state index is 6.17. The van der Waals surface area contributed by atoms with Gasteiger partial charge in [0.25, 0.3) is 0 Å². The SMILES string of the molecule is CCO[Si]1(CC)CCCN1c1ccccc1. The van der Waals surface area contributed by atoms with Crippen LogP contribution in [0.1, 0.15) is 20.3 Å². The third-order valence-corrected chi connectivity index (χ3v) is 8.01. The van der Waals surface area contributed by atoms with Crippen molar-refractivity contribution in [2.75, 3.05) is 17.7 Å². The third-order valence-electron chi connectivity index (χ3n) is 3.47. The number of anilines is 1. The molecule has 0 saturated carbocycles. The van der Waals surface area contributed by atoms with Crippen LogP contribution in [0.2, 0.25) is 12.1 Å². The van der Waals surface area contributed by atoms with Crippen LogP contribution in [0.25, 0.3) is 0 Å². The lowest BCUT2D eigenvalue weighted by molar-refractivity contribution is 0.322. The van der Waals surface area contributed by atoms with Crippen molar-refractivity contribution in [3.8, 4) is 0 Å².